The number of anilines is 1. The molecule has 0 aliphatic heterocycles. The fraction of sp³-hybridized carbons (Fsp3) is 0.143. The van der Waals surface area contributed by atoms with E-state index in [0.717, 1.165) is 16.8 Å². The summed E-state index contributed by atoms with van der Waals surface area (Å²) in [6.07, 6.45) is 6.78. The summed E-state index contributed by atoms with van der Waals surface area (Å²) in [6.45, 7) is 1.99. The van der Waals surface area contributed by atoms with E-state index < -0.39 is 0 Å². The van der Waals surface area contributed by atoms with Crippen LogP contribution >= 0.6 is 0 Å². The molecule has 2 rings (SSSR count). The molecule has 1 aromatic heterocycles. The number of carbonyl (C=O) groups is 1. The van der Waals surface area contributed by atoms with Crippen molar-refractivity contribution < 1.29 is 4.79 Å². The lowest BCUT2D eigenvalue weighted by atomic mass is 10.2. The Labute approximate surface area is 106 Å². The number of aromatic nitrogens is 2. The molecule has 0 atom stereocenters. The monoisotopic (exact) mass is 241 g/mol. The third-order valence-electron chi connectivity index (χ3n) is 2.44. The van der Waals surface area contributed by atoms with E-state index in [1.165, 1.54) is 6.08 Å². The highest BCUT2D eigenvalue weighted by molar-refractivity contribution is 6.01. The summed E-state index contributed by atoms with van der Waals surface area (Å²) in [6, 6.07) is 7.69. The summed E-state index contributed by atoms with van der Waals surface area (Å²) in [5.74, 6) is -0.149. The lowest BCUT2D eigenvalue weighted by Crippen LogP contribution is -2.07. The van der Waals surface area contributed by atoms with Crippen LogP contribution in [0.1, 0.15) is 11.1 Å². The molecule has 18 heavy (non-hydrogen) atoms. The second kappa shape index (κ2) is 5.31. The van der Waals surface area contributed by atoms with Gasteiger partial charge in [0, 0.05) is 30.6 Å². The van der Waals surface area contributed by atoms with Crippen LogP contribution in [-0.2, 0) is 11.8 Å². The fourth-order valence-corrected chi connectivity index (χ4v) is 1.60. The van der Waals surface area contributed by atoms with Crippen LogP contribution in [0.25, 0.3) is 6.08 Å². The Morgan fingerprint density at radius 1 is 1.44 bits per heavy atom. The highest BCUT2D eigenvalue weighted by Crippen LogP contribution is 2.09. The van der Waals surface area contributed by atoms with E-state index in [-0.39, 0.29) is 5.91 Å². The number of hydrogen-bond donors (Lipinski definition) is 1. The highest BCUT2D eigenvalue weighted by Gasteiger charge is 1.98. The maximum Gasteiger partial charge on any atom is 0.248 e. The molecule has 0 saturated carbocycles. The SMILES string of the molecule is Cc1cccc(NC(=O)/C=C/c2cnn(C)c2)c1. The van der Waals surface area contributed by atoms with Gasteiger partial charge in [-0.3, -0.25) is 9.48 Å². The third-order valence-corrected chi connectivity index (χ3v) is 2.44. The number of aryl methyl sites for hydroxylation is 2. The number of benzene rings is 1. The average molecular weight is 241 g/mol. The van der Waals surface area contributed by atoms with E-state index in [9.17, 15) is 4.79 Å². The van der Waals surface area contributed by atoms with Crippen LogP contribution in [0, 0.1) is 6.92 Å². The average Bonchev–Trinajstić information content (AvgIpc) is 2.73. The van der Waals surface area contributed by atoms with Gasteiger partial charge in [-0.05, 0) is 30.7 Å². The molecule has 0 spiro atoms. The first kappa shape index (κ1) is 12.1. The summed E-state index contributed by atoms with van der Waals surface area (Å²) in [7, 11) is 1.84. The smallest absolute Gasteiger partial charge is 0.248 e. The summed E-state index contributed by atoms with van der Waals surface area (Å²) in [4.78, 5) is 11.7. The van der Waals surface area contributed by atoms with Gasteiger partial charge in [-0.1, -0.05) is 12.1 Å². The van der Waals surface area contributed by atoms with Crippen molar-refractivity contribution >= 4 is 17.7 Å². The van der Waals surface area contributed by atoms with E-state index in [0.29, 0.717) is 0 Å². The number of rotatable bonds is 3. The van der Waals surface area contributed by atoms with Crippen molar-refractivity contribution in [2.24, 2.45) is 7.05 Å². The van der Waals surface area contributed by atoms with Crippen LogP contribution < -0.4 is 5.32 Å². The van der Waals surface area contributed by atoms with Gasteiger partial charge in [0.1, 0.15) is 0 Å². The quantitative estimate of drug-likeness (QED) is 0.839. The zero-order valence-electron chi connectivity index (χ0n) is 10.4. The van der Waals surface area contributed by atoms with Crippen LogP contribution in [0.4, 0.5) is 5.69 Å². The fourth-order valence-electron chi connectivity index (χ4n) is 1.60. The number of nitrogens with zero attached hydrogens (tertiary/aromatic N) is 2. The number of amides is 1. The number of nitrogens with one attached hydrogen (secondary N) is 1. The predicted octanol–water partition coefficient (Wildman–Crippen LogP) is 2.38. The zero-order chi connectivity index (χ0) is 13.0. The van der Waals surface area contributed by atoms with Gasteiger partial charge in [-0.2, -0.15) is 5.10 Å². The lowest BCUT2D eigenvalue weighted by Gasteiger charge is -2.02. The first-order valence-corrected chi connectivity index (χ1v) is 5.68. The van der Waals surface area contributed by atoms with Crippen molar-refractivity contribution in [3.05, 3.63) is 53.9 Å². The molecule has 1 aromatic carbocycles. The minimum absolute atomic E-state index is 0.149. The van der Waals surface area contributed by atoms with Gasteiger partial charge in [0.25, 0.3) is 0 Å². The number of hydrogen-bond acceptors (Lipinski definition) is 2. The van der Waals surface area contributed by atoms with E-state index in [2.05, 4.69) is 10.4 Å². The van der Waals surface area contributed by atoms with Crippen molar-refractivity contribution in [2.75, 3.05) is 5.32 Å². The van der Waals surface area contributed by atoms with Gasteiger partial charge < -0.3 is 5.32 Å². The van der Waals surface area contributed by atoms with Crippen molar-refractivity contribution in [3.8, 4) is 0 Å². The van der Waals surface area contributed by atoms with Gasteiger partial charge >= 0.3 is 0 Å². The Hall–Kier alpha value is -2.36. The van der Waals surface area contributed by atoms with Crippen LogP contribution in [-0.4, -0.2) is 15.7 Å². The largest absolute Gasteiger partial charge is 0.323 e. The molecular formula is C14H15N3O. The van der Waals surface area contributed by atoms with Crippen LogP contribution in [0.2, 0.25) is 0 Å². The summed E-state index contributed by atoms with van der Waals surface area (Å²) < 4.78 is 1.69. The van der Waals surface area contributed by atoms with E-state index in [1.807, 2.05) is 44.4 Å². The molecule has 0 aliphatic carbocycles. The Morgan fingerprint density at radius 3 is 2.94 bits per heavy atom. The van der Waals surface area contributed by atoms with Gasteiger partial charge in [0.2, 0.25) is 5.91 Å². The van der Waals surface area contributed by atoms with E-state index in [4.69, 9.17) is 0 Å². The molecule has 0 radical (unpaired) electrons. The maximum absolute atomic E-state index is 11.7. The highest BCUT2D eigenvalue weighted by atomic mass is 16.1. The molecule has 0 saturated heterocycles. The second-order valence-electron chi connectivity index (χ2n) is 4.14. The molecule has 4 nitrogen and oxygen atoms in total. The third kappa shape index (κ3) is 3.31. The molecule has 4 heteroatoms. The van der Waals surface area contributed by atoms with Crippen LogP contribution in [0.15, 0.2) is 42.7 Å². The van der Waals surface area contributed by atoms with Gasteiger partial charge in [0.05, 0.1) is 6.20 Å². The van der Waals surface area contributed by atoms with Gasteiger partial charge in [-0.15, -0.1) is 0 Å². The molecule has 1 amide bonds. The van der Waals surface area contributed by atoms with Gasteiger partial charge in [0.15, 0.2) is 0 Å². The minimum Gasteiger partial charge on any atom is -0.323 e. The van der Waals surface area contributed by atoms with Crippen molar-refractivity contribution in [3.63, 3.8) is 0 Å². The Morgan fingerprint density at radius 2 is 2.28 bits per heavy atom. The minimum atomic E-state index is -0.149. The molecule has 0 fully saturated rings. The Kier molecular flexibility index (Phi) is 3.57. The normalized spacial score (nSPS) is 10.8. The van der Waals surface area contributed by atoms with Crippen LogP contribution in [0.5, 0.6) is 0 Å². The van der Waals surface area contributed by atoms with Crippen molar-refractivity contribution in [2.45, 2.75) is 6.92 Å². The zero-order valence-corrected chi connectivity index (χ0v) is 10.4. The number of carbonyl (C=O) groups excluding carboxylic acids is 1. The van der Waals surface area contributed by atoms with Crippen molar-refractivity contribution in [1.82, 2.24) is 9.78 Å². The van der Waals surface area contributed by atoms with Gasteiger partial charge in [-0.25, -0.2) is 0 Å². The first-order valence-electron chi connectivity index (χ1n) is 5.68. The predicted molar refractivity (Wildman–Crippen MR) is 72.1 cm³/mol. The maximum atomic E-state index is 11.7. The molecule has 1 heterocycles. The summed E-state index contributed by atoms with van der Waals surface area (Å²) in [5, 5.41) is 6.83. The molecule has 0 bridgehead atoms. The standard InChI is InChI=1S/C14H15N3O/c1-11-4-3-5-13(8-11)16-14(18)7-6-12-9-15-17(2)10-12/h3-10H,1-2H3,(H,16,18)/b7-6+. The molecule has 0 unspecified atom stereocenters. The lowest BCUT2D eigenvalue weighted by molar-refractivity contribution is -0.111. The van der Waals surface area contributed by atoms with Crippen LogP contribution in [0.3, 0.4) is 0 Å². The van der Waals surface area contributed by atoms with E-state index in [1.54, 1.807) is 17.0 Å². The molecular weight excluding hydrogens is 226 g/mol. The summed E-state index contributed by atoms with van der Waals surface area (Å²) >= 11 is 0. The first-order chi connectivity index (χ1) is 8.63. The van der Waals surface area contributed by atoms with E-state index >= 15 is 0 Å². The Bertz CT molecular complexity index is 584. The second-order valence-corrected chi connectivity index (χ2v) is 4.14. The molecule has 1 N–H and O–H groups in total. The molecule has 2 aromatic rings. The Balaban J connectivity index is 1.98. The molecule has 0 aliphatic rings. The summed E-state index contributed by atoms with van der Waals surface area (Å²) in [5.41, 5.74) is 2.82. The molecule has 92 valence electrons. The van der Waals surface area contributed by atoms with Crippen molar-refractivity contribution in [1.29, 1.82) is 0 Å². The topological polar surface area (TPSA) is 46.9 Å².